The van der Waals surface area contributed by atoms with Crippen molar-refractivity contribution in [1.29, 1.82) is 0 Å². The number of carbonyl (C=O) groups excluding carboxylic acids is 3. The third kappa shape index (κ3) is 5.70. The van der Waals surface area contributed by atoms with Crippen LogP contribution in [0.25, 0.3) is 6.08 Å². The van der Waals surface area contributed by atoms with Crippen molar-refractivity contribution in [2.75, 3.05) is 12.0 Å². The van der Waals surface area contributed by atoms with Gasteiger partial charge in [-0.1, -0.05) is 58.5 Å². The molecular formula is C26H18Cl4N2O5. The predicted octanol–water partition coefficient (Wildman–Crippen LogP) is 6.86. The number of anilines is 1. The molecule has 0 saturated carbocycles. The standard InChI is InChI=1S/C26H18Cl4N2O5/c1-13-3-6-17(11-19(13)28)32-25(34)18(24(33)31-26(32)35)7-14-8-21(30)23(22(9-14)36-2)37-12-15-4-5-16(27)10-20(15)29/h3-11H,12H2,1-2H3,(H,31,33,35)/b18-7-. The minimum Gasteiger partial charge on any atom is -0.493 e. The zero-order chi connectivity index (χ0) is 26.9. The van der Waals surface area contributed by atoms with Gasteiger partial charge in [0.2, 0.25) is 0 Å². The average molecular weight is 580 g/mol. The second kappa shape index (κ2) is 11.0. The molecule has 7 nitrogen and oxygen atoms in total. The number of carbonyl (C=O) groups is 3. The first kappa shape index (κ1) is 26.8. The number of methoxy groups -OCH3 is 1. The Balaban J connectivity index is 1.65. The Morgan fingerprint density at radius 1 is 0.919 bits per heavy atom. The SMILES string of the molecule is COc1cc(/C=C2/C(=O)NC(=O)N(c3ccc(C)c(Cl)c3)C2=O)cc(Cl)c1OCc1ccc(Cl)cc1Cl. The van der Waals surface area contributed by atoms with Gasteiger partial charge in [-0.3, -0.25) is 14.9 Å². The number of barbiturate groups is 1. The van der Waals surface area contributed by atoms with Gasteiger partial charge in [-0.25, -0.2) is 9.69 Å². The van der Waals surface area contributed by atoms with Crippen molar-refractivity contribution in [3.8, 4) is 11.5 Å². The lowest BCUT2D eigenvalue weighted by molar-refractivity contribution is -0.122. The van der Waals surface area contributed by atoms with E-state index >= 15 is 0 Å². The number of halogens is 4. The van der Waals surface area contributed by atoms with E-state index in [-0.39, 0.29) is 34.4 Å². The predicted molar refractivity (Wildman–Crippen MR) is 144 cm³/mol. The molecule has 0 aromatic heterocycles. The summed E-state index contributed by atoms with van der Waals surface area (Å²) in [6, 6.07) is 11.9. The van der Waals surface area contributed by atoms with Gasteiger partial charge in [-0.05, 0) is 60.5 Å². The molecule has 0 bridgehead atoms. The van der Waals surface area contributed by atoms with Gasteiger partial charge in [0.05, 0.1) is 17.8 Å². The van der Waals surface area contributed by atoms with Crippen LogP contribution >= 0.6 is 46.4 Å². The third-order valence-corrected chi connectivity index (χ3v) is 6.74. The molecule has 1 fully saturated rings. The molecule has 190 valence electrons. The number of ether oxygens (including phenoxy) is 2. The summed E-state index contributed by atoms with van der Waals surface area (Å²) in [5.41, 5.74) is 1.76. The molecule has 0 unspecified atom stereocenters. The van der Waals surface area contributed by atoms with E-state index in [1.165, 1.54) is 25.3 Å². The zero-order valence-corrected chi connectivity index (χ0v) is 22.4. The van der Waals surface area contributed by atoms with Crippen LogP contribution < -0.4 is 19.7 Å². The van der Waals surface area contributed by atoms with Crippen LogP contribution in [0.5, 0.6) is 11.5 Å². The molecule has 0 radical (unpaired) electrons. The number of nitrogens with one attached hydrogen (secondary N) is 1. The smallest absolute Gasteiger partial charge is 0.335 e. The van der Waals surface area contributed by atoms with Crippen LogP contribution in [0.15, 0.2) is 54.1 Å². The molecule has 11 heteroatoms. The van der Waals surface area contributed by atoms with Gasteiger partial charge in [0.25, 0.3) is 11.8 Å². The molecular weight excluding hydrogens is 562 g/mol. The van der Waals surface area contributed by atoms with Crippen LogP contribution in [-0.4, -0.2) is 25.0 Å². The number of urea groups is 1. The number of imide groups is 2. The highest BCUT2D eigenvalue weighted by atomic mass is 35.5. The maximum atomic E-state index is 13.2. The van der Waals surface area contributed by atoms with Gasteiger partial charge in [0.1, 0.15) is 12.2 Å². The summed E-state index contributed by atoms with van der Waals surface area (Å²) in [6.07, 6.45) is 1.31. The molecule has 4 rings (SSSR count). The van der Waals surface area contributed by atoms with Crippen molar-refractivity contribution in [1.82, 2.24) is 5.32 Å². The first-order valence-electron chi connectivity index (χ1n) is 10.7. The summed E-state index contributed by atoms with van der Waals surface area (Å²) >= 11 is 24.8. The van der Waals surface area contributed by atoms with E-state index in [1.807, 2.05) is 0 Å². The average Bonchev–Trinajstić information content (AvgIpc) is 2.84. The van der Waals surface area contributed by atoms with Gasteiger partial charge in [-0.2, -0.15) is 0 Å². The van der Waals surface area contributed by atoms with Crippen molar-refractivity contribution in [3.63, 3.8) is 0 Å². The lowest BCUT2D eigenvalue weighted by atomic mass is 10.1. The fourth-order valence-electron chi connectivity index (χ4n) is 3.53. The molecule has 37 heavy (non-hydrogen) atoms. The summed E-state index contributed by atoms with van der Waals surface area (Å²) in [7, 11) is 1.42. The molecule has 0 atom stereocenters. The first-order valence-corrected chi connectivity index (χ1v) is 12.2. The van der Waals surface area contributed by atoms with E-state index in [0.29, 0.717) is 26.2 Å². The highest BCUT2D eigenvalue weighted by molar-refractivity contribution is 6.40. The van der Waals surface area contributed by atoms with E-state index in [9.17, 15) is 14.4 Å². The largest absolute Gasteiger partial charge is 0.493 e. The van der Waals surface area contributed by atoms with Crippen molar-refractivity contribution in [2.24, 2.45) is 0 Å². The van der Waals surface area contributed by atoms with E-state index in [2.05, 4.69) is 5.32 Å². The van der Waals surface area contributed by atoms with E-state index in [0.717, 1.165) is 10.5 Å². The summed E-state index contributed by atoms with van der Waals surface area (Å²) in [5, 5.41) is 3.63. The molecule has 3 aromatic rings. The number of benzene rings is 3. The third-order valence-electron chi connectivity index (χ3n) is 5.47. The molecule has 0 aliphatic carbocycles. The number of nitrogens with zero attached hydrogens (tertiary/aromatic N) is 1. The minimum absolute atomic E-state index is 0.0869. The zero-order valence-electron chi connectivity index (χ0n) is 19.4. The summed E-state index contributed by atoms with van der Waals surface area (Å²) in [5.74, 6) is -1.17. The maximum Gasteiger partial charge on any atom is 0.335 e. The Kier molecular flexibility index (Phi) is 7.99. The fourth-order valence-corrected chi connectivity index (χ4v) is 4.44. The van der Waals surface area contributed by atoms with Crippen LogP contribution in [0.2, 0.25) is 20.1 Å². The molecule has 1 saturated heterocycles. The van der Waals surface area contributed by atoms with Gasteiger partial charge < -0.3 is 9.47 Å². The molecule has 1 aliphatic heterocycles. The van der Waals surface area contributed by atoms with E-state index < -0.39 is 17.8 Å². The number of hydrogen-bond donors (Lipinski definition) is 1. The molecule has 1 heterocycles. The Hall–Kier alpha value is -3.23. The molecule has 4 amide bonds. The highest BCUT2D eigenvalue weighted by Gasteiger charge is 2.37. The van der Waals surface area contributed by atoms with Gasteiger partial charge in [-0.15, -0.1) is 0 Å². The van der Waals surface area contributed by atoms with Gasteiger partial charge in [0.15, 0.2) is 11.5 Å². The lowest BCUT2D eigenvalue weighted by Gasteiger charge is -2.26. The second-order valence-electron chi connectivity index (χ2n) is 7.95. The summed E-state index contributed by atoms with van der Waals surface area (Å²) in [6.45, 7) is 1.87. The van der Waals surface area contributed by atoms with E-state index in [4.69, 9.17) is 55.9 Å². The minimum atomic E-state index is -0.882. The first-order chi connectivity index (χ1) is 17.6. The Labute approximate surface area is 232 Å². The molecule has 3 aromatic carbocycles. The van der Waals surface area contributed by atoms with Crippen molar-refractivity contribution >= 4 is 76.0 Å². The fraction of sp³-hybridized carbons (Fsp3) is 0.115. The molecule has 0 spiro atoms. The van der Waals surface area contributed by atoms with Crippen LogP contribution in [0.4, 0.5) is 10.5 Å². The Bertz CT molecular complexity index is 1470. The lowest BCUT2D eigenvalue weighted by Crippen LogP contribution is -2.54. The van der Waals surface area contributed by atoms with Gasteiger partial charge >= 0.3 is 6.03 Å². The van der Waals surface area contributed by atoms with Crippen LogP contribution in [-0.2, 0) is 16.2 Å². The highest BCUT2D eigenvalue weighted by Crippen LogP contribution is 2.38. The van der Waals surface area contributed by atoms with Crippen LogP contribution in [0, 0.1) is 6.92 Å². The molecule has 1 aliphatic rings. The van der Waals surface area contributed by atoms with Crippen molar-refractivity contribution < 1.29 is 23.9 Å². The topological polar surface area (TPSA) is 84.9 Å². The van der Waals surface area contributed by atoms with E-state index in [1.54, 1.807) is 43.3 Å². The number of hydrogen-bond acceptors (Lipinski definition) is 5. The maximum absolute atomic E-state index is 13.2. The van der Waals surface area contributed by atoms with Crippen LogP contribution in [0.3, 0.4) is 0 Å². The normalized spacial score (nSPS) is 14.7. The Morgan fingerprint density at radius 3 is 2.35 bits per heavy atom. The monoisotopic (exact) mass is 578 g/mol. The summed E-state index contributed by atoms with van der Waals surface area (Å²) < 4.78 is 11.3. The number of rotatable bonds is 6. The van der Waals surface area contributed by atoms with Crippen LogP contribution in [0.1, 0.15) is 16.7 Å². The van der Waals surface area contributed by atoms with Crippen molar-refractivity contribution in [3.05, 3.63) is 90.9 Å². The second-order valence-corrected chi connectivity index (χ2v) is 9.61. The molecule has 1 N–H and O–H groups in total. The van der Waals surface area contributed by atoms with Crippen molar-refractivity contribution in [2.45, 2.75) is 13.5 Å². The van der Waals surface area contributed by atoms with Gasteiger partial charge in [0, 0.05) is 20.6 Å². The summed E-state index contributed by atoms with van der Waals surface area (Å²) in [4.78, 5) is 39.1. The number of aryl methyl sites for hydroxylation is 1. The Morgan fingerprint density at radius 2 is 1.68 bits per heavy atom. The quantitative estimate of drug-likeness (QED) is 0.255. The number of amides is 4.